The van der Waals surface area contributed by atoms with Crippen LogP contribution in [0, 0.1) is 0 Å². The molecular weight excluding hydrogens is 788 g/mol. The molecule has 2 unspecified atom stereocenters. The fourth-order valence-corrected chi connectivity index (χ4v) is 5.07. The number of rotatable bonds is 30. The maximum atomic E-state index is 13.3. The molecule has 0 amide bonds. The van der Waals surface area contributed by atoms with Crippen LogP contribution in [-0.4, -0.2) is 112 Å². The van der Waals surface area contributed by atoms with Crippen LogP contribution in [-0.2, 0) is 81.0 Å². The molecular formula is C43H62O17. The molecule has 0 spiro atoms. The fraction of sp³-hybridized carbons (Fsp3) is 0.628. The largest absolute Gasteiger partial charge is 0.463 e. The Balaban J connectivity index is 3.12. The summed E-state index contributed by atoms with van der Waals surface area (Å²) in [6.45, 7) is 19.7. The molecule has 336 valence electrons. The van der Waals surface area contributed by atoms with Gasteiger partial charge in [-0.3, -0.25) is 19.2 Å². The van der Waals surface area contributed by atoms with Crippen LogP contribution in [0.1, 0.15) is 111 Å². The molecule has 4 atom stereocenters. The first kappa shape index (κ1) is 52.7. The van der Waals surface area contributed by atoms with Crippen molar-refractivity contribution in [1.29, 1.82) is 0 Å². The Morgan fingerprint density at radius 3 is 1.17 bits per heavy atom. The van der Waals surface area contributed by atoms with Crippen molar-refractivity contribution in [3.63, 3.8) is 0 Å². The van der Waals surface area contributed by atoms with Gasteiger partial charge in [0.1, 0.15) is 12.7 Å². The van der Waals surface area contributed by atoms with Crippen molar-refractivity contribution >= 4 is 47.8 Å². The molecule has 1 fully saturated rings. The van der Waals surface area contributed by atoms with Gasteiger partial charge in [0.25, 0.3) is 0 Å². The molecule has 1 rings (SSSR count). The maximum Gasteiger partial charge on any atom is 0.333 e. The molecule has 0 aromatic heterocycles. The van der Waals surface area contributed by atoms with Crippen LogP contribution in [0.5, 0.6) is 0 Å². The van der Waals surface area contributed by atoms with E-state index in [1.54, 1.807) is 0 Å². The Hall–Kier alpha value is -5.32. The zero-order chi connectivity index (χ0) is 45.0. The molecule has 0 aliphatic carbocycles. The first-order chi connectivity index (χ1) is 28.4. The second-order valence-electron chi connectivity index (χ2n) is 14.3. The van der Waals surface area contributed by atoms with Gasteiger partial charge in [0.05, 0.1) is 33.0 Å². The SMILES string of the molecule is C=C(C)C(=O)OCCCCCC(=O)OC1[C@@H](OC(=O)CCCCOC(=O)C(=C)C)C(COC(=O)CCCCOC(=O)C(=C)C)OC[C@H]1OC(=O)CCCCOC(=O)C(=C)C. The lowest BCUT2D eigenvalue weighted by Crippen LogP contribution is -2.59. The van der Waals surface area contributed by atoms with E-state index in [0.717, 1.165) is 0 Å². The van der Waals surface area contributed by atoms with Crippen molar-refractivity contribution in [2.24, 2.45) is 0 Å². The van der Waals surface area contributed by atoms with Gasteiger partial charge in [-0.05, 0) is 85.5 Å². The summed E-state index contributed by atoms with van der Waals surface area (Å²) in [5.74, 6) is -4.93. The van der Waals surface area contributed by atoms with Crippen LogP contribution in [0.25, 0.3) is 0 Å². The topological polar surface area (TPSA) is 220 Å². The predicted octanol–water partition coefficient (Wildman–Crippen LogP) is 5.21. The third-order valence-corrected chi connectivity index (χ3v) is 8.44. The number of carbonyl (C=O) groups is 8. The van der Waals surface area contributed by atoms with E-state index in [2.05, 4.69) is 26.3 Å². The highest BCUT2D eigenvalue weighted by molar-refractivity contribution is 5.88. The fourth-order valence-electron chi connectivity index (χ4n) is 5.07. The highest BCUT2D eigenvalue weighted by Crippen LogP contribution is 2.27. The third-order valence-electron chi connectivity index (χ3n) is 8.44. The van der Waals surface area contributed by atoms with Crippen LogP contribution in [0.3, 0.4) is 0 Å². The number of ether oxygens (including phenoxy) is 9. The summed E-state index contributed by atoms with van der Waals surface area (Å²) in [4.78, 5) is 98.8. The minimum Gasteiger partial charge on any atom is -0.463 e. The molecule has 17 heteroatoms. The average molecular weight is 851 g/mol. The number of hydrogen-bond acceptors (Lipinski definition) is 17. The lowest BCUT2D eigenvalue weighted by molar-refractivity contribution is -0.233. The number of esters is 8. The third kappa shape index (κ3) is 23.3. The van der Waals surface area contributed by atoms with Gasteiger partial charge in [-0.1, -0.05) is 26.3 Å². The molecule has 0 aromatic rings. The molecule has 1 saturated heterocycles. The molecule has 0 radical (unpaired) electrons. The van der Waals surface area contributed by atoms with E-state index in [1.165, 1.54) is 27.7 Å². The van der Waals surface area contributed by atoms with Crippen LogP contribution >= 0.6 is 0 Å². The Kier molecular flexibility index (Phi) is 26.2. The van der Waals surface area contributed by atoms with Gasteiger partial charge in [0, 0.05) is 48.0 Å². The van der Waals surface area contributed by atoms with Crippen molar-refractivity contribution in [3.05, 3.63) is 48.6 Å². The zero-order valence-corrected chi connectivity index (χ0v) is 35.5. The minimum atomic E-state index is -1.40. The van der Waals surface area contributed by atoms with Gasteiger partial charge in [0.15, 0.2) is 18.3 Å². The van der Waals surface area contributed by atoms with E-state index < -0.39 is 78.8 Å². The molecule has 0 bridgehead atoms. The summed E-state index contributed by atoms with van der Waals surface area (Å²) in [5.41, 5.74) is 0.981. The zero-order valence-electron chi connectivity index (χ0n) is 35.5. The van der Waals surface area contributed by atoms with Crippen LogP contribution in [0.2, 0.25) is 0 Å². The summed E-state index contributed by atoms with van der Waals surface area (Å²) in [5, 5.41) is 0. The molecule has 0 N–H and O–H groups in total. The Morgan fingerprint density at radius 1 is 0.433 bits per heavy atom. The molecule has 1 heterocycles. The van der Waals surface area contributed by atoms with E-state index in [4.69, 9.17) is 42.6 Å². The maximum absolute atomic E-state index is 13.3. The van der Waals surface area contributed by atoms with Gasteiger partial charge in [-0.15, -0.1) is 0 Å². The van der Waals surface area contributed by atoms with Gasteiger partial charge in [-0.2, -0.15) is 0 Å². The van der Waals surface area contributed by atoms with Crippen molar-refractivity contribution in [2.75, 3.05) is 39.6 Å². The summed E-state index contributed by atoms with van der Waals surface area (Å²) in [7, 11) is 0. The summed E-state index contributed by atoms with van der Waals surface area (Å²) in [6, 6.07) is 0. The van der Waals surface area contributed by atoms with Gasteiger partial charge in [-0.25, -0.2) is 19.2 Å². The van der Waals surface area contributed by atoms with Crippen LogP contribution < -0.4 is 0 Å². The molecule has 0 saturated carbocycles. The molecule has 0 aromatic carbocycles. The quantitative estimate of drug-likeness (QED) is 0.0392. The van der Waals surface area contributed by atoms with E-state index in [9.17, 15) is 38.4 Å². The van der Waals surface area contributed by atoms with E-state index in [-0.39, 0.29) is 93.9 Å². The second-order valence-corrected chi connectivity index (χ2v) is 14.3. The van der Waals surface area contributed by atoms with Crippen molar-refractivity contribution in [3.8, 4) is 0 Å². The minimum absolute atomic E-state index is 0.0325. The Bertz CT molecular complexity index is 1530. The predicted molar refractivity (Wildman–Crippen MR) is 213 cm³/mol. The Labute approximate surface area is 352 Å². The number of hydrogen-bond donors (Lipinski definition) is 0. The van der Waals surface area contributed by atoms with Crippen LogP contribution in [0.4, 0.5) is 0 Å². The smallest absolute Gasteiger partial charge is 0.333 e. The van der Waals surface area contributed by atoms with Crippen molar-refractivity contribution in [1.82, 2.24) is 0 Å². The van der Waals surface area contributed by atoms with Crippen LogP contribution in [0.15, 0.2) is 48.6 Å². The number of carbonyl (C=O) groups excluding carboxylic acids is 8. The molecule has 1 aliphatic rings. The second kappa shape index (κ2) is 29.8. The average Bonchev–Trinajstić information content (AvgIpc) is 3.18. The standard InChI is InChI=1S/C43H62O17/c1-28(2)40(48)52-22-14-9-10-19-36(46)60-39-33(58-35(45)20-12-16-24-54-42(50)30(5)6)27-56-32(26-57-34(44)18-11-15-23-53-41(49)29(3)4)38(39)59-37(47)21-13-17-25-55-43(51)31(7)8/h32-33,38-39H,1,3,5,7,9-27H2,2,4,6,8H3/t32?,33-,38+,39?/m1/s1. The van der Waals surface area contributed by atoms with Gasteiger partial charge in [0.2, 0.25) is 0 Å². The highest BCUT2D eigenvalue weighted by atomic mass is 16.7. The molecule has 17 nitrogen and oxygen atoms in total. The normalized spacial score (nSPS) is 16.9. The first-order valence-electron chi connectivity index (χ1n) is 20.1. The summed E-state index contributed by atoms with van der Waals surface area (Å²) in [6.07, 6.45) is -2.27. The first-order valence-corrected chi connectivity index (χ1v) is 20.1. The van der Waals surface area contributed by atoms with Crippen molar-refractivity contribution < 1.29 is 81.0 Å². The summed E-state index contributed by atoms with van der Waals surface area (Å²) < 4.78 is 49.0. The highest BCUT2D eigenvalue weighted by Gasteiger charge is 2.48. The lowest BCUT2D eigenvalue weighted by atomic mass is 9.99. The van der Waals surface area contributed by atoms with Crippen molar-refractivity contribution in [2.45, 2.75) is 136 Å². The number of unbranched alkanes of at least 4 members (excludes halogenated alkanes) is 5. The van der Waals surface area contributed by atoms with E-state index in [0.29, 0.717) is 44.9 Å². The Morgan fingerprint density at radius 2 is 0.767 bits per heavy atom. The van der Waals surface area contributed by atoms with E-state index >= 15 is 0 Å². The molecule has 60 heavy (non-hydrogen) atoms. The summed E-state index contributed by atoms with van der Waals surface area (Å²) >= 11 is 0. The van der Waals surface area contributed by atoms with Gasteiger partial charge >= 0.3 is 47.8 Å². The van der Waals surface area contributed by atoms with E-state index in [1.807, 2.05) is 0 Å². The lowest BCUT2D eigenvalue weighted by Gasteiger charge is -2.40. The van der Waals surface area contributed by atoms with Gasteiger partial charge < -0.3 is 42.6 Å². The molecule has 1 aliphatic heterocycles. The monoisotopic (exact) mass is 850 g/mol.